The van der Waals surface area contributed by atoms with E-state index in [0.717, 1.165) is 24.1 Å². The molecular formula is C33H34F3N5O4. The topological polar surface area (TPSA) is 121 Å². The van der Waals surface area contributed by atoms with Crippen LogP contribution in [-0.2, 0) is 19.1 Å². The third kappa shape index (κ3) is 8.14. The Labute approximate surface area is 258 Å². The van der Waals surface area contributed by atoms with Crippen LogP contribution in [0, 0.1) is 6.92 Å². The maximum Gasteiger partial charge on any atom is 0.416 e. The monoisotopic (exact) mass is 621 g/mol. The van der Waals surface area contributed by atoms with Crippen LogP contribution in [0.25, 0.3) is 0 Å². The molecule has 1 aliphatic heterocycles. The van der Waals surface area contributed by atoms with Crippen LogP contribution in [0.5, 0.6) is 0 Å². The fraction of sp³-hybridized carbons (Fsp3) is 0.333. The smallest absolute Gasteiger partial charge is 0.390 e. The summed E-state index contributed by atoms with van der Waals surface area (Å²) in [7, 11) is 0. The summed E-state index contributed by atoms with van der Waals surface area (Å²) in [6.07, 6.45) is -3.76. The van der Waals surface area contributed by atoms with Gasteiger partial charge in [0, 0.05) is 30.8 Å². The van der Waals surface area contributed by atoms with Crippen molar-refractivity contribution in [2.24, 2.45) is 0 Å². The number of halogens is 3. The van der Waals surface area contributed by atoms with Crippen molar-refractivity contribution in [3.8, 4) is 0 Å². The van der Waals surface area contributed by atoms with Gasteiger partial charge in [-0.3, -0.25) is 9.59 Å². The van der Waals surface area contributed by atoms with Crippen LogP contribution >= 0.6 is 0 Å². The number of aliphatic hydroxyl groups is 1. The average Bonchev–Trinajstić information content (AvgIpc) is 3.70. The molecule has 0 radical (unpaired) electrons. The van der Waals surface area contributed by atoms with Gasteiger partial charge in [-0.1, -0.05) is 59.8 Å². The number of alkyl halides is 3. The van der Waals surface area contributed by atoms with E-state index in [1.165, 1.54) is 12.1 Å². The van der Waals surface area contributed by atoms with Gasteiger partial charge in [0.1, 0.15) is 6.04 Å². The highest BCUT2D eigenvalue weighted by molar-refractivity contribution is 6.00. The molecule has 12 heteroatoms. The van der Waals surface area contributed by atoms with Crippen molar-refractivity contribution >= 4 is 11.8 Å². The Hall–Kier alpha value is -4.55. The molecule has 3 aromatic carbocycles. The fourth-order valence-corrected chi connectivity index (χ4v) is 5.44. The Morgan fingerprint density at radius 3 is 2.49 bits per heavy atom. The number of carbonyl (C=O) groups is 2. The van der Waals surface area contributed by atoms with Gasteiger partial charge in [0.05, 0.1) is 17.7 Å². The van der Waals surface area contributed by atoms with Crippen LogP contribution < -0.4 is 10.6 Å². The van der Waals surface area contributed by atoms with E-state index in [0.29, 0.717) is 42.2 Å². The molecule has 5 rings (SSSR count). The summed E-state index contributed by atoms with van der Waals surface area (Å²) in [4.78, 5) is 32.9. The molecule has 3 atom stereocenters. The Morgan fingerprint density at radius 2 is 1.76 bits per heavy atom. The minimum absolute atomic E-state index is 0.0120. The fourth-order valence-electron chi connectivity index (χ4n) is 5.44. The summed E-state index contributed by atoms with van der Waals surface area (Å²) in [5.74, 6) is 0.128. The van der Waals surface area contributed by atoms with Crippen molar-refractivity contribution in [1.29, 1.82) is 0 Å². The molecule has 2 amide bonds. The molecule has 3 N–H and O–H groups in total. The Kier molecular flexibility index (Phi) is 9.94. The van der Waals surface area contributed by atoms with Gasteiger partial charge in [0.25, 0.3) is 11.8 Å². The van der Waals surface area contributed by atoms with Gasteiger partial charge in [0.2, 0.25) is 5.89 Å². The van der Waals surface area contributed by atoms with Crippen molar-refractivity contribution < 1.29 is 32.4 Å². The Bertz CT molecular complexity index is 1610. The number of nitrogens with zero attached hydrogens (tertiary/aromatic N) is 3. The number of aromatic nitrogens is 2. The zero-order valence-corrected chi connectivity index (χ0v) is 24.6. The summed E-state index contributed by atoms with van der Waals surface area (Å²) < 4.78 is 44.6. The molecular weight excluding hydrogens is 587 g/mol. The predicted molar refractivity (Wildman–Crippen MR) is 159 cm³/mol. The number of amides is 2. The molecule has 4 aromatic rings. The van der Waals surface area contributed by atoms with Crippen LogP contribution in [0.2, 0.25) is 0 Å². The molecule has 2 heterocycles. The second-order valence-corrected chi connectivity index (χ2v) is 11.1. The highest BCUT2D eigenvalue weighted by Crippen LogP contribution is 2.32. The molecule has 236 valence electrons. The van der Waals surface area contributed by atoms with E-state index in [1.807, 2.05) is 30.3 Å². The molecule has 1 saturated heterocycles. The first-order valence-electron chi connectivity index (χ1n) is 14.7. The molecule has 45 heavy (non-hydrogen) atoms. The van der Waals surface area contributed by atoms with Gasteiger partial charge in [-0.25, -0.2) is 0 Å². The molecule has 9 nitrogen and oxygen atoms in total. The quantitative estimate of drug-likeness (QED) is 0.219. The van der Waals surface area contributed by atoms with Crippen molar-refractivity contribution in [2.45, 2.75) is 57.1 Å². The van der Waals surface area contributed by atoms with Gasteiger partial charge in [-0.15, -0.1) is 0 Å². The van der Waals surface area contributed by atoms with E-state index >= 15 is 0 Å². The van der Waals surface area contributed by atoms with Crippen molar-refractivity contribution in [1.82, 2.24) is 25.7 Å². The van der Waals surface area contributed by atoms with E-state index in [-0.39, 0.29) is 30.6 Å². The maximum atomic E-state index is 13.5. The van der Waals surface area contributed by atoms with E-state index < -0.39 is 29.8 Å². The number of hydrogen-bond donors (Lipinski definition) is 3. The number of hydrogen-bond acceptors (Lipinski definition) is 7. The number of nitrogens with one attached hydrogen (secondary N) is 2. The number of rotatable bonds is 11. The van der Waals surface area contributed by atoms with Gasteiger partial charge in [-0.05, 0) is 61.6 Å². The van der Waals surface area contributed by atoms with E-state index in [2.05, 4.69) is 20.8 Å². The van der Waals surface area contributed by atoms with E-state index in [1.54, 1.807) is 36.1 Å². The maximum absolute atomic E-state index is 13.5. The molecule has 0 bridgehead atoms. The lowest BCUT2D eigenvalue weighted by molar-refractivity contribution is -0.137. The van der Waals surface area contributed by atoms with E-state index in [4.69, 9.17) is 4.52 Å². The van der Waals surface area contributed by atoms with Gasteiger partial charge >= 0.3 is 6.18 Å². The summed E-state index contributed by atoms with van der Waals surface area (Å²) in [6.45, 7) is 2.33. The third-order valence-corrected chi connectivity index (χ3v) is 7.73. The van der Waals surface area contributed by atoms with Crippen LogP contribution in [0.1, 0.15) is 68.0 Å². The Morgan fingerprint density at radius 1 is 1.02 bits per heavy atom. The highest BCUT2D eigenvalue weighted by atomic mass is 19.4. The van der Waals surface area contributed by atoms with E-state index in [9.17, 15) is 27.9 Å². The zero-order chi connectivity index (χ0) is 32.0. The Balaban J connectivity index is 1.26. The van der Waals surface area contributed by atoms with Crippen molar-refractivity contribution in [2.75, 3.05) is 13.1 Å². The minimum Gasteiger partial charge on any atom is -0.390 e. The minimum atomic E-state index is -4.45. The largest absolute Gasteiger partial charge is 0.416 e. The lowest BCUT2D eigenvalue weighted by atomic mass is 10.00. The van der Waals surface area contributed by atoms with Gasteiger partial charge in [-0.2, -0.15) is 18.2 Å². The average molecular weight is 622 g/mol. The number of likely N-dealkylation sites (tertiary alicyclic amines) is 1. The number of aryl methyl sites for hydroxylation is 1. The summed E-state index contributed by atoms with van der Waals surface area (Å²) >= 11 is 0. The van der Waals surface area contributed by atoms with Crippen LogP contribution in [0.4, 0.5) is 13.2 Å². The number of carbonyl (C=O) groups excluding carboxylic acids is 2. The third-order valence-electron chi connectivity index (χ3n) is 7.73. The molecule has 0 aliphatic carbocycles. The van der Waals surface area contributed by atoms with Crippen LogP contribution in [0.3, 0.4) is 0 Å². The van der Waals surface area contributed by atoms with Gasteiger partial charge < -0.3 is 25.2 Å². The number of benzene rings is 3. The second-order valence-electron chi connectivity index (χ2n) is 11.1. The van der Waals surface area contributed by atoms with Gasteiger partial charge in [0.15, 0.2) is 5.82 Å². The molecule has 1 unspecified atom stereocenters. The SMILES string of the molecule is Cc1noc(C2CCCN2C(=O)c2cccc(C(=O)N[C@@H](Cc3ccccc3)[C@H](O)CNCc3cccc(C(F)(F)F)c3)c2)n1. The lowest BCUT2D eigenvalue weighted by Crippen LogP contribution is -2.48. The normalized spacial score (nSPS) is 16.4. The summed E-state index contributed by atoms with van der Waals surface area (Å²) in [5, 5.41) is 20.8. The second kappa shape index (κ2) is 14.0. The molecule has 1 fully saturated rings. The molecule has 1 aromatic heterocycles. The standard InChI is InChI=1S/C33H34F3N5O4/c1-21-38-31(45-40-21)28-14-7-15-41(28)32(44)25-12-6-11-24(18-25)30(43)39-27(17-22-8-3-2-4-9-22)29(42)20-37-19-23-10-5-13-26(16-23)33(34,35)36/h2-6,8-13,16,18,27-29,37,42H,7,14-15,17,19-20H2,1H3,(H,39,43)/t27-,28?,29+/m0/s1. The van der Waals surface area contributed by atoms with Crippen molar-refractivity contribution in [3.05, 3.63) is 118 Å². The first-order chi connectivity index (χ1) is 21.6. The first-order valence-corrected chi connectivity index (χ1v) is 14.7. The lowest BCUT2D eigenvalue weighted by Gasteiger charge is -2.25. The molecule has 0 spiro atoms. The first kappa shape index (κ1) is 31.9. The van der Waals surface area contributed by atoms with Crippen LogP contribution in [-0.4, -0.2) is 57.2 Å². The highest BCUT2D eigenvalue weighted by Gasteiger charge is 2.35. The van der Waals surface area contributed by atoms with Crippen molar-refractivity contribution in [3.63, 3.8) is 0 Å². The number of aliphatic hydroxyl groups excluding tert-OH is 1. The molecule has 1 aliphatic rings. The zero-order valence-electron chi connectivity index (χ0n) is 24.6. The predicted octanol–water partition coefficient (Wildman–Crippen LogP) is 4.87. The van der Waals surface area contributed by atoms with Crippen LogP contribution in [0.15, 0.2) is 83.4 Å². The summed E-state index contributed by atoms with van der Waals surface area (Å²) in [6, 6.07) is 19.6. The summed E-state index contributed by atoms with van der Waals surface area (Å²) in [5.41, 5.74) is 1.11. The molecule has 0 saturated carbocycles.